The molecular weight excluding hydrogens is 416 g/mol. The number of aromatic nitrogens is 1. The number of aliphatic hydroxyl groups is 1. The van der Waals surface area contributed by atoms with Crippen molar-refractivity contribution in [2.24, 2.45) is 0 Å². The number of aliphatic hydroxyl groups excluding tert-OH is 1. The summed E-state index contributed by atoms with van der Waals surface area (Å²) in [7, 11) is -2.37. The predicted molar refractivity (Wildman–Crippen MR) is 111 cm³/mol. The second-order valence-electron chi connectivity index (χ2n) is 6.60. The molecule has 0 aliphatic rings. The van der Waals surface area contributed by atoms with E-state index in [1.54, 1.807) is 31.2 Å². The summed E-state index contributed by atoms with van der Waals surface area (Å²) in [5, 5.41) is 9.69. The van der Waals surface area contributed by atoms with Crippen LogP contribution >= 0.6 is 11.6 Å². The minimum Gasteiger partial charge on any atom is -0.466 e. The molecule has 1 heterocycles. The van der Waals surface area contributed by atoms with E-state index in [9.17, 15) is 18.3 Å². The van der Waals surface area contributed by atoms with Gasteiger partial charge in [-0.1, -0.05) is 17.7 Å². The van der Waals surface area contributed by atoms with Crippen molar-refractivity contribution in [2.75, 3.05) is 20.2 Å². The van der Waals surface area contributed by atoms with E-state index in [2.05, 4.69) is 4.98 Å². The van der Waals surface area contributed by atoms with E-state index >= 15 is 0 Å². The molecule has 9 heteroatoms. The molecule has 0 spiro atoms. The zero-order chi connectivity index (χ0) is 21.6. The second-order valence-corrected chi connectivity index (χ2v) is 9.05. The third kappa shape index (κ3) is 6.24. The summed E-state index contributed by atoms with van der Waals surface area (Å²) in [4.78, 5) is 16.1. The largest absolute Gasteiger partial charge is 0.466 e. The molecule has 0 aliphatic carbocycles. The highest BCUT2D eigenvalue weighted by atomic mass is 35.5. The van der Waals surface area contributed by atoms with E-state index in [0.717, 1.165) is 4.31 Å². The summed E-state index contributed by atoms with van der Waals surface area (Å²) in [6.45, 7) is 3.59. The maximum Gasteiger partial charge on any atom is 0.306 e. The van der Waals surface area contributed by atoms with E-state index in [1.165, 1.54) is 26.1 Å². The van der Waals surface area contributed by atoms with Crippen molar-refractivity contribution in [3.63, 3.8) is 0 Å². The van der Waals surface area contributed by atoms with Crippen LogP contribution in [0.1, 0.15) is 26.0 Å². The second kappa shape index (κ2) is 10.2. The van der Waals surface area contributed by atoms with E-state index in [-0.39, 0.29) is 28.9 Å². The van der Waals surface area contributed by atoms with Crippen LogP contribution in [0.15, 0.2) is 41.3 Å². The van der Waals surface area contributed by atoms with Crippen molar-refractivity contribution < 1.29 is 23.1 Å². The zero-order valence-electron chi connectivity index (χ0n) is 16.6. The summed E-state index contributed by atoms with van der Waals surface area (Å²) >= 11 is 6.36. The molecule has 1 N–H and O–H groups in total. The number of nitrogens with zero attached hydrogens (tertiary/aromatic N) is 2. The minimum atomic E-state index is -3.77. The summed E-state index contributed by atoms with van der Waals surface area (Å²) in [6, 6.07) is 9.81. The molecule has 1 aromatic carbocycles. The smallest absolute Gasteiger partial charge is 0.306 e. The first-order valence-corrected chi connectivity index (χ1v) is 11.0. The Labute approximate surface area is 176 Å². The number of esters is 1. The van der Waals surface area contributed by atoms with Gasteiger partial charge in [0.25, 0.3) is 0 Å². The molecule has 2 aromatic rings. The van der Waals surface area contributed by atoms with Crippen molar-refractivity contribution in [3.05, 3.63) is 47.1 Å². The molecule has 0 saturated heterocycles. The molecule has 0 amide bonds. The number of sulfonamides is 1. The SMILES string of the molecule is CCOC(=O)CCc1cccc(-c2ccc(S(=O)(=O)N(C)C[C@H](C)O)cc2Cl)n1. The third-order valence-corrected chi connectivity index (χ3v) is 6.28. The standard InChI is InChI=1S/C20H25ClN2O5S/c1-4-28-20(25)11-8-15-6-5-7-19(22-15)17-10-9-16(12-18(17)21)29(26,27)23(3)13-14(2)24/h5-7,9-10,12,14,24H,4,8,11,13H2,1-3H3/t14-/m0/s1. The van der Waals surface area contributed by atoms with Gasteiger partial charge in [0.1, 0.15) is 0 Å². The van der Waals surface area contributed by atoms with Gasteiger partial charge in [0.2, 0.25) is 10.0 Å². The van der Waals surface area contributed by atoms with Crippen LogP contribution in [-0.2, 0) is 26.0 Å². The number of halogens is 1. The number of aryl methyl sites for hydroxylation is 1. The zero-order valence-corrected chi connectivity index (χ0v) is 18.2. The fourth-order valence-electron chi connectivity index (χ4n) is 2.75. The lowest BCUT2D eigenvalue weighted by atomic mass is 10.1. The lowest BCUT2D eigenvalue weighted by Crippen LogP contribution is -2.33. The summed E-state index contributed by atoms with van der Waals surface area (Å²) in [5.41, 5.74) is 1.87. The Balaban J connectivity index is 2.24. The third-order valence-electron chi connectivity index (χ3n) is 4.14. The molecule has 0 unspecified atom stereocenters. The molecule has 158 valence electrons. The molecule has 0 saturated carbocycles. The average molecular weight is 441 g/mol. The Morgan fingerprint density at radius 2 is 2.03 bits per heavy atom. The summed E-state index contributed by atoms with van der Waals surface area (Å²) < 4.78 is 31.2. The first-order chi connectivity index (χ1) is 13.6. The number of ether oxygens (including phenoxy) is 1. The Morgan fingerprint density at radius 1 is 1.31 bits per heavy atom. The molecule has 1 aromatic heterocycles. The molecule has 0 fully saturated rings. The maximum absolute atomic E-state index is 12.6. The Hall–Kier alpha value is -2.00. The van der Waals surface area contributed by atoms with Crippen LogP contribution < -0.4 is 0 Å². The van der Waals surface area contributed by atoms with E-state index in [1.807, 2.05) is 0 Å². The van der Waals surface area contributed by atoms with Crippen LogP contribution in [0.4, 0.5) is 0 Å². The van der Waals surface area contributed by atoms with Gasteiger partial charge in [0.05, 0.1) is 34.7 Å². The predicted octanol–water partition coefficient (Wildman–Crippen LogP) is 2.90. The lowest BCUT2D eigenvalue weighted by molar-refractivity contribution is -0.143. The number of hydrogen-bond donors (Lipinski definition) is 1. The van der Waals surface area contributed by atoms with Crippen LogP contribution in [0, 0.1) is 0 Å². The van der Waals surface area contributed by atoms with Gasteiger partial charge in [-0.2, -0.15) is 4.31 Å². The van der Waals surface area contributed by atoms with Gasteiger partial charge >= 0.3 is 5.97 Å². The van der Waals surface area contributed by atoms with E-state index in [4.69, 9.17) is 16.3 Å². The monoisotopic (exact) mass is 440 g/mol. The highest BCUT2D eigenvalue weighted by molar-refractivity contribution is 7.89. The Kier molecular flexibility index (Phi) is 8.15. The number of benzene rings is 1. The van der Waals surface area contributed by atoms with Crippen molar-refractivity contribution in [3.8, 4) is 11.3 Å². The Morgan fingerprint density at radius 3 is 2.66 bits per heavy atom. The highest BCUT2D eigenvalue weighted by Crippen LogP contribution is 2.30. The Bertz CT molecular complexity index is 963. The van der Waals surface area contributed by atoms with Gasteiger partial charge in [-0.3, -0.25) is 9.78 Å². The van der Waals surface area contributed by atoms with Gasteiger partial charge in [-0.15, -0.1) is 0 Å². The van der Waals surface area contributed by atoms with Gasteiger partial charge in [0, 0.05) is 31.3 Å². The van der Waals surface area contributed by atoms with E-state index in [0.29, 0.717) is 30.0 Å². The van der Waals surface area contributed by atoms with Gasteiger partial charge in [-0.05, 0) is 44.2 Å². The minimum absolute atomic E-state index is 0.0221. The fourth-order valence-corrected chi connectivity index (χ4v) is 4.37. The van der Waals surface area contributed by atoms with Crippen LogP contribution in [0.5, 0.6) is 0 Å². The van der Waals surface area contributed by atoms with Gasteiger partial charge in [-0.25, -0.2) is 8.42 Å². The number of pyridine rings is 1. The number of carbonyl (C=O) groups is 1. The van der Waals surface area contributed by atoms with Gasteiger partial charge < -0.3 is 9.84 Å². The van der Waals surface area contributed by atoms with Crippen LogP contribution in [0.3, 0.4) is 0 Å². The molecule has 0 radical (unpaired) electrons. The quantitative estimate of drug-likeness (QED) is 0.602. The number of rotatable bonds is 9. The van der Waals surface area contributed by atoms with Crippen LogP contribution in [0.25, 0.3) is 11.3 Å². The average Bonchev–Trinajstić information content (AvgIpc) is 2.66. The fraction of sp³-hybridized carbons (Fsp3) is 0.400. The van der Waals surface area contributed by atoms with E-state index < -0.39 is 16.1 Å². The number of carbonyl (C=O) groups excluding carboxylic acids is 1. The van der Waals surface area contributed by atoms with Gasteiger partial charge in [0.15, 0.2) is 0 Å². The molecule has 7 nitrogen and oxygen atoms in total. The van der Waals surface area contributed by atoms with Crippen LogP contribution in [-0.4, -0.2) is 55.1 Å². The molecule has 29 heavy (non-hydrogen) atoms. The topological polar surface area (TPSA) is 96.8 Å². The first kappa shape index (κ1) is 23.3. The molecular formula is C20H25ClN2O5S. The van der Waals surface area contributed by atoms with Crippen molar-refractivity contribution in [1.29, 1.82) is 0 Å². The van der Waals surface area contributed by atoms with Crippen molar-refractivity contribution >= 4 is 27.6 Å². The molecule has 0 aliphatic heterocycles. The lowest BCUT2D eigenvalue weighted by Gasteiger charge is -2.19. The first-order valence-electron chi connectivity index (χ1n) is 9.21. The summed E-state index contributed by atoms with van der Waals surface area (Å²) in [5.74, 6) is -0.284. The maximum atomic E-state index is 12.6. The highest BCUT2D eigenvalue weighted by Gasteiger charge is 2.23. The van der Waals surface area contributed by atoms with Crippen molar-refractivity contribution in [1.82, 2.24) is 9.29 Å². The number of hydrogen-bond acceptors (Lipinski definition) is 6. The normalized spacial score (nSPS) is 12.8. The van der Waals surface area contributed by atoms with Crippen molar-refractivity contribution in [2.45, 2.75) is 37.7 Å². The van der Waals surface area contributed by atoms with Crippen LogP contribution in [0.2, 0.25) is 5.02 Å². The molecule has 2 rings (SSSR count). The summed E-state index contributed by atoms with van der Waals surface area (Å²) in [6.07, 6.45) is -0.128. The number of likely N-dealkylation sites (N-methyl/N-ethyl adjacent to an activating group) is 1. The molecule has 0 bridgehead atoms. The molecule has 1 atom stereocenters.